The van der Waals surface area contributed by atoms with E-state index in [9.17, 15) is 4.21 Å². The molecule has 0 aromatic heterocycles. The summed E-state index contributed by atoms with van der Waals surface area (Å²) < 4.78 is 19.4. The topological polar surface area (TPSA) is 63.3 Å². The van der Waals surface area contributed by atoms with Crippen molar-refractivity contribution in [3.05, 3.63) is 35.9 Å². The average Bonchev–Trinajstić information content (AvgIpc) is 2.04. The van der Waals surface area contributed by atoms with Crippen molar-refractivity contribution in [1.29, 1.82) is 0 Å². The number of benzene rings is 1. The van der Waals surface area contributed by atoms with Crippen LogP contribution < -0.4 is 5.14 Å². The second-order valence-electron chi connectivity index (χ2n) is 2.80. The van der Waals surface area contributed by atoms with Gasteiger partial charge in [-0.15, -0.1) is 0 Å². The molecule has 1 unspecified atom stereocenters. The lowest BCUT2D eigenvalue weighted by Crippen LogP contribution is -2.13. The van der Waals surface area contributed by atoms with Gasteiger partial charge < -0.3 is 4.55 Å². The average molecular weight is 199 g/mol. The fraction of sp³-hybridized carbons (Fsp3) is 0.222. The maximum absolute atomic E-state index is 10.7. The minimum Gasteiger partial charge on any atom is -0.303 e. The van der Waals surface area contributed by atoms with Crippen molar-refractivity contribution < 1.29 is 8.76 Å². The highest BCUT2D eigenvalue weighted by molar-refractivity contribution is 7.93. The van der Waals surface area contributed by atoms with Crippen LogP contribution >= 0.6 is 0 Å². The molecule has 0 bridgehead atoms. The van der Waals surface area contributed by atoms with Gasteiger partial charge in [-0.1, -0.05) is 30.3 Å². The molecule has 0 aliphatic carbocycles. The molecule has 0 saturated heterocycles. The van der Waals surface area contributed by atoms with Gasteiger partial charge >= 0.3 is 0 Å². The lowest BCUT2D eigenvalue weighted by Gasteiger charge is -1.97. The van der Waals surface area contributed by atoms with Gasteiger partial charge in [0.15, 0.2) is 0 Å². The van der Waals surface area contributed by atoms with E-state index in [1.807, 2.05) is 30.3 Å². The van der Waals surface area contributed by atoms with Crippen LogP contribution in [-0.4, -0.2) is 14.1 Å². The summed E-state index contributed by atoms with van der Waals surface area (Å²) in [7, 11) is -3.17. The van der Waals surface area contributed by atoms with Crippen molar-refractivity contribution in [1.82, 2.24) is 0 Å². The second-order valence-corrected chi connectivity index (χ2v) is 4.37. The van der Waals surface area contributed by atoms with E-state index in [0.29, 0.717) is 6.42 Å². The number of hydrogen-bond donors (Lipinski definition) is 2. The summed E-state index contributed by atoms with van der Waals surface area (Å²) in [6, 6.07) is 9.76. The monoisotopic (exact) mass is 199 g/mol. The predicted molar refractivity (Wildman–Crippen MR) is 55.8 cm³/mol. The first-order valence-corrected chi connectivity index (χ1v) is 5.63. The number of nitrogens with two attached hydrogens (primary N) is 1. The largest absolute Gasteiger partial charge is 0.303 e. The van der Waals surface area contributed by atoms with Crippen molar-refractivity contribution in [3.8, 4) is 0 Å². The highest BCUT2D eigenvalue weighted by atomic mass is 32.2. The molecule has 0 aliphatic heterocycles. The molecule has 0 fully saturated rings. The fourth-order valence-electron chi connectivity index (χ4n) is 1.04. The Morgan fingerprint density at radius 1 is 1.38 bits per heavy atom. The second kappa shape index (κ2) is 4.41. The molecule has 0 heterocycles. The summed E-state index contributed by atoms with van der Waals surface area (Å²) in [6.07, 6.45) is 1.27. The van der Waals surface area contributed by atoms with Crippen molar-refractivity contribution in [2.45, 2.75) is 12.8 Å². The Morgan fingerprint density at radius 2 is 2.00 bits per heavy atom. The van der Waals surface area contributed by atoms with Gasteiger partial charge in [0.1, 0.15) is 9.99 Å². The van der Waals surface area contributed by atoms with Gasteiger partial charge in [0, 0.05) is 5.37 Å². The molecule has 0 radical (unpaired) electrons. The summed E-state index contributed by atoms with van der Waals surface area (Å²) >= 11 is 0. The van der Waals surface area contributed by atoms with Crippen LogP contribution in [0.5, 0.6) is 0 Å². The molecule has 1 rings (SSSR count). The maximum atomic E-state index is 10.7. The quantitative estimate of drug-likeness (QED) is 0.715. The minimum atomic E-state index is -3.17. The van der Waals surface area contributed by atoms with Gasteiger partial charge in [-0.25, -0.2) is 9.35 Å². The van der Waals surface area contributed by atoms with E-state index in [1.165, 1.54) is 5.37 Å². The smallest absolute Gasteiger partial charge is 0.138 e. The highest BCUT2D eigenvalue weighted by Crippen LogP contribution is 2.00. The zero-order chi connectivity index (χ0) is 9.73. The molecule has 0 spiro atoms. The third-order valence-electron chi connectivity index (χ3n) is 1.63. The van der Waals surface area contributed by atoms with Gasteiger partial charge in [0.2, 0.25) is 0 Å². The van der Waals surface area contributed by atoms with E-state index in [-0.39, 0.29) is 0 Å². The Kier molecular flexibility index (Phi) is 3.48. The van der Waals surface area contributed by atoms with Crippen molar-refractivity contribution in [3.63, 3.8) is 0 Å². The molecule has 13 heavy (non-hydrogen) atoms. The van der Waals surface area contributed by atoms with Crippen LogP contribution in [0.3, 0.4) is 0 Å². The molecule has 72 valence electrons. The molecule has 3 nitrogen and oxygen atoms in total. The molecule has 1 atom stereocenters. The summed E-state index contributed by atoms with van der Waals surface area (Å²) in [4.78, 5) is 0. The van der Waals surface area contributed by atoms with E-state index in [2.05, 4.69) is 0 Å². The number of aryl methyl sites for hydroxylation is 1. The Hall–Kier alpha value is -0.840. The summed E-state index contributed by atoms with van der Waals surface area (Å²) in [5.41, 5.74) is 1.14. The zero-order valence-corrected chi connectivity index (χ0v) is 8.04. The first kappa shape index (κ1) is 10.2. The molecule has 0 aliphatic rings. The Labute approximate surface area is 78.6 Å². The van der Waals surface area contributed by atoms with Gasteiger partial charge in [-0.3, -0.25) is 0 Å². The molecular formula is C9H13NO2S. The van der Waals surface area contributed by atoms with E-state index >= 15 is 0 Å². The first-order valence-electron chi connectivity index (χ1n) is 3.99. The third kappa shape index (κ3) is 4.67. The van der Waals surface area contributed by atoms with Crippen LogP contribution in [0.15, 0.2) is 30.3 Å². The molecule has 0 saturated carbocycles. The van der Waals surface area contributed by atoms with E-state index in [4.69, 9.17) is 9.69 Å². The summed E-state index contributed by atoms with van der Waals surface area (Å²) in [5, 5.41) is 6.18. The lowest BCUT2D eigenvalue weighted by atomic mass is 10.1. The maximum Gasteiger partial charge on any atom is 0.138 e. The van der Waals surface area contributed by atoms with E-state index in [0.717, 1.165) is 12.0 Å². The van der Waals surface area contributed by atoms with Crippen LogP contribution in [0.2, 0.25) is 0 Å². The summed E-state index contributed by atoms with van der Waals surface area (Å²) in [5.74, 6) is 0. The van der Waals surface area contributed by atoms with Gasteiger partial charge in [-0.2, -0.15) is 0 Å². The Balaban J connectivity index is 2.50. The molecule has 4 heteroatoms. The van der Waals surface area contributed by atoms with Gasteiger partial charge in [0.25, 0.3) is 0 Å². The minimum absolute atomic E-state index is 0.524. The van der Waals surface area contributed by atoms with Crippen LogP contribution in [-0.2, 0) is 16.4 Å². The highest BCUT2D eigenvalue weighted by Gasteiger charge is 1.92. The Morgan fingerprint density at radius 3 is 2.54 bits per heavy atom. The number of rotatable bonds is 3. The van der Waals surface area contributed by atoms with Crippen LogP contribution in [0.1, 0.15) is 12.0 Å². The van der Waals surface area contributed by atoms with Crippen molar-refractivity contribution >= 4 is 15.4 Å². The molecule has 1 aromatic rings. The normalized spacial score (nSPS) is 14.9. The fourth-order valence-corrected chi connectivity index (χ4v) is 1.49. The van der Waals surface area contributed by atoms with Crippen LogP contribution in [0.25, 0.3) is 0 Å². The molecular weight excluding hydrogens is 186 g/mol. The van der Waals surface area contributed by atoms with E-state index in [1.54, 1.807) is 0 Å². The first-order chi connectivity index (χ1) is 6.08. The van der Waals surface area contributed by atoms with Gasteiger partial charge in [-0.05, 0) is 18.4 Å². The van der Waals surface area contributed by atoms with Gasteiger partial charge in [0.05, 0.1) is 0 Å². The summed E-state index contributed by atoms with van der Waals surface area (Å²) in [6.45, 7) is 0. The lowest BCUT2D eigenvalue weighted by molar-refractivity contribution is 0.561. The predicted octanol–water partition coefficient (Wildman–Crippen LogP) is 1.05. The molecule has 0 amide bonds. The SMILES string of the molecule is NS(=O)(O)=CCCc1ccccc1. The third-order valence-corrected chi connectivity index (χ3v) is 2.35. The Bertz CT molecular complexity index is 358. The molecule has 3 N–H and O–H groups in total. The van der Waals surface area contributed by atoms with Crippen molar-refractivity contribution in [2.24, 2.45) is 5.14 Å². The van der Waals surface area contributed by atoms with E-state index < -0.39 is 9.99 Å². The zero-order valence-electron chi connectivity index (χ0n) is 7.22. The standard InChI is InChI=1S/C9H13NO2S/c10-13(11,12)8-4-7-9-5-2-1-3-6-9/h1-3,5-6,8H,4,7H2,(H3,10,11,12). The number of hydrogen-bond acceptors (Lipinski definition) is 1. The molecule has 1 aromatic carbocycles. The van der Waals surface area contributed by atoms with Crippen LogP contribution in [0.4, 0.5) is 0 Å². The van der Waals surface area contributed by atoms with Crippen molar-refractivity contribution in [2.75, 3.05) is 0 Å². The van der Waals surface area contributed by atoms with Crippen LogP contribution in [0, 0.1) is 0 Å².